The van der Waals surface area contributed by atoms with Crippen molar-refractivity contribution in [3.05, 3.63) is 35.5 Å². The third-order valence-corrected chi connectivity index (χ3v) is 3.45. The standard InChI is InChI=1S/C9H13N5O4.C5H4N4/c10-9-12-7-6(8(17)13-9)11-3-14(7)4-18-5(1-15)2-16;1-4-5(8-2-6-1)9-3-7-4/h3,5,15-16H,1-2,4H2,(H3,10,12,13,17);1-3H,(H,6,7,8,9). The second kappa shape index (κ2) is 8.31. The largest absolute Gasteiger partial charge is 0.394 e. The molecule has 6 N–H and O–H groups in total. The lowest BCUT2D eigenvalue weighted by molar-refractivity contribution is -0.0488. The van der Waals surface area contributed by atoms with Crippen molar-refractivity contribution in [3.63, 3.8) is 0 Å². The average molecular weight is 375 g/mol. The van der Waals surface area contributed by atoms with Gasteiger partial charge in [-0.3, -0.25) is 14.3 Å². The number of rotatable bonds is 5. The third kappa shape index (κ3) is 4.22. The second-order valence-corrected chi connectivity index (χ2v) is 5.28. The number of nitrogens with one attached hydrogen (secondary N) is 2. The molecule has 0 aliphatic rings. The molecule has 0 saturated carbocycles. The van der Waals surface area contributed by atoms with Gasteiger partial charge in [-0.1, -0.05) is 0 Å². The minimum absolute atomic E-state index is 0.00181. The number of aromatic amines is 2. The molecule has 0 amide bonds. The first kappa shape index (κ1) is 18.4. The van der Waals surface area contributed by atoms with Crippen molar-refractivity contribution in [1.82, 2.24) is 39.5 Å². The van der Waals surface area contributed by atoms with Crippen molar-refractivity contribution in [2.24, 2.45) is 0 Å². The number of hydrogen-bond acceptors (Lipinski definition) is 10. The Kier molecular flexibility index (Phi) is 5.65. The molecule has 0 atom stereocenters. The van der Waals surface area contributed by atoms with Gasteiger partial charge in [0.1, 0.15) is 24.7 Å². The minimum atomic E-state index is -0.693. The van der Waals surface area contributed by atoms with Gasteiger partial charge in [0.2, 0.25) is 5.95 Å². The number of fused-ring (bicyclic) bond motifs is 2. The molecular weight excluding hydrogens is 358 g/mol. The van der Waals surface area contributed by atoms with Crippen LogP contribution in [-0.4, -0.2) is 69.0 Å². The van der Waals surface area contributed by atoms with E-state index in [1.807, 2.05) is 0 Å². The Morgan fingerprint density at radius 3 is 2.81 bits per heavy atom. The van der Waals surface area contributed by atoms with Gasteiger partial charge in [-0.25, -0.2) is 19.9 Å². The van der Waals surface area contributed by atoms with Gasteiger partial charge in [-0.15, -0.1) is 0 Å². The van der Waals surface area contributed by atoms with Gasteiger partial charge < -0.3 is 25.7 Å². The molecular formula is C14H17N9O4. The number of ether oxygens (including phenoxy) is 1. The van der Waals surface area contributed by atoms with Crippen LogP contribution in [0.4, 0.5) is 5.95 Å². The Morgan fingerprint density at radius 2 is 2.07 bits per heavy atom. The van der Waals surface area contributed by atoms with Gasteiger partial charge in [-0.2, -0.15) is 4.98 Å². The summed E-state index contributed by atoms with van der Waals surface area (Å²) in [5, 5.41) is 17.7. The minimum Gasteiger partial charge on any atom is -0.394 e. The van der Waals surface area contributed by atoms with E-state index >= 15 is 0 Å². The first-order valence-corrected chi connectivity index (χ1v) is 7.75. The predicted octanol–water partition coefficient (Wildman–Crippen LogP) is -1.62. The molecule has 4 aromatic rings. The van der Waals surface area contributed by atoms with Crippen molar-refractivity contribution in [2.75, 3.05) is 18.9 Å². The molecule has 0 spiro atoms. The Bertz CT molecular complexity index is 1040. The fourth-order valence-corrected chi connectivity index (χ4v) is 2.10. The van der Waals surface area contributed by atoms with Crippen LogP contribution in [0.3, 0.4) is 0 Å². The van der Waals surface area contributed by atoms with Crippen molar-refractivity contribution < 1.29 is 14.9 Å². The quantitative estimate of drug-likeness (QED) is 0.270. The van der Waals surface area contributed by atoms with Gasteiger partial charge in [-0.05, 0) is 0 Å². The maximum absolute atomic E-state index is 11.5. The molecule has 0 bridgehead atoms. The Morgan fingerprint density at radius 1 is 1.26 bits per heavy atom. The molecule has 142 valence electrons. The molecule has 4 rings (SSSR count). The summed E-state index contributed by atoms with van der Waals surface area (Å²) >= 11 is 0. The molecule has 27 heavy (non-hydrogen) atoms. The number of anilines is 1. The molecule has 13 heteroatoms. The molecule has 4 heterocycles. The zero-order chi connectivity index (χ0) is 19.2. The first-order chi connectivity index (χ1) is 13.1. The maximum atomic E-state index is 11.5. The molecule has 0 aromatic carbocycles. The van der Waals surface area contributed by atoms with E-state index in [9.17, 15) is 4.79 Å². The van der Waals surface area contributed by atoms with E-state index < -0.39 is 11.7 Å². The van der Waals surface area contributed by atoms with Crippen LogP contribution >= 0.6 is 0 Å². The molecule has 4 aromatic heterocycles. The SMILES string of the molecule is Nc1nc2c(ncn2COC(CO)CO)c(=O)[nH]1.c1ncc2[nH]cnc2n1. The number of nitrogen functional groups attached to an aromatic ring is 1. The van der Waals surface area contributed by atoms with Crippen molar-refractivity contribution >= 4 is 28.3 Å². The molecule has 13 nitrogen and oxygen atoms in total. The van der Waals surface area contributed by atoms with E-state index in [4.69, 9.17) is 20.7 Å². The lowest BCUT2D eigenvalue weighted by Crippen LogP contribution is -2.23. The maximum Gasteiger partial charge on any atom is 0.280 e. The van der Waals surface area contributed by atoms with Crippen LogP contribution in [0.5, 0.6) is 0 Å². The summed E-state index contributed by atoms with van der Waals surface area (Å²) in [5.41, 5.74) is 7.02. The molecule has 0 fully saturated rings. The predicted molar refractivity (Wildman–Crippen MR) is 93.3 cm³/mol. The lowest BCUT2D eigenvalue weighted by atomic mass is 10.4. The van der Waals surface area contributed by atoms with Crippen molar-refractivity contribution in [3.8, 4) is 0 Å². The highest BCUT2D eigenvalue weighted by Gasteiger charge is 2.11. The van der Waals surface area contributed by atoms with Crippen molar-refractivity contribution in [2.45, 2.75) is 12.8 Å². The zero-order valence-corrected chi connectivity index (χ0v) is 14.0. The Hall–Kier alpha value is -3.42. The van der Waals surface area contributed by atoms with Crippen LogP contribution in [0.2, 0.25) is 0 Å². The second-order valence-electron chi connectivity index (χ2n) is 5.28. The topological polar surface area (TPSA) is 194 Å². The molecule has 0 radical (unpaired) electrons. The highest BCUT2D eigenvalue weighted by Crippen LogP contribution is 2.07. The van der Waals surface area contributed by atoms with Gasteiger partial charge in [0.05, 0.1) is 32.1 Å². The summed E-state index contributed by atoms with van der Waals surface area (Å²) in [5.74, 6) is -0.0184. The van der Waals surface area contributed by atoms with Gasteiger partial charge in [0.15, 0.2) is 16.8 Å². The summed E-state index contributed by atoms with van der Waals surface area (Å²) in [6.45, 7) is -0.614. The van der Waals surface area contributed by atoms with Gasteiger partial charge in [0, 0.05) is 0 Å². The first-order valence-electron chi connectivity index (χ1n) is 7.75. The molecule has 0 saturated heterocycles. The van der Waals surface area contributed by atoms with E-state index in [1.165, 1.54) is 17.2 Å². The number of nitrogens with two attached hydrogens (primary N) is 1. The summed E-state index contributed by atoms with van der Waals surface area (Å²) < 4.78 is 6.66. The smallest absolute Gasteiger partial charge is 0.280 e. The number of H-pyrrole nitrogens is 2. The zero-order valence-electron chi connectivity index (χ0n) is 14.0. The van der Waals surface area contributed by atoms with E-state index in [0.717, 1.165) is 5.52 Å². The van der Waals surface area contributed by atoms with Gasteiger partial charge in [0.25, 0.3) is 5.56 Å². The number of imidazole rings is 2. The summed E-state index contributed by atoms with van der Waals surface area (Å²) in [7, 11) is 0. The number of aliphatic hydroxyl groups excluding tert-OH is 2. The fourth-order valence-electron chi connectivity index (χ4n) is 2.10. The number of aromatic nitrogens is 8. The summed E-state index contributed by atoms with van der Waals surface area (Å²) in [6.07, 6.45) is 5.44. The van der Waals surface area contributed by atoms with Gasteiger partial charge >= 0.3 is 0 Å². The number of aliphatic hydroxyl groups is 2. The highest BCUT2D eigenvalue weighted by atomic mass is 16.5. The highest BCUT2D eigenvalue weighted by molar-refractivity contribution is 5.70. The summed E-state index contributed by atoms with van der Waals surface area (Å²) in [6, 6.07) is 0. The monoisotopic (exact) mass is 375 g/mol. The van der Waals surface area contributed by atoms with E-state index in [-0.39, 0.29) is 37.1 Å². The Balaban J connectivity index is 0.000000193. The van der Waals surface area contributed by atoms with Crippen LogP contribution < -0.4 is 11.3 Å². The van der Waals surface area contributed by atoms with E-state index in [1.54, 1.807) is 12.5 Å². The number of nitrogens with zero attached hydrogens (tertiary/aromatic N) is 6. The fraction of sp³-hybridized carbons (Fsp3) is 0.286. The van der Waals surface area contributed by atoms with Crippen LogP contribution in [0, 0.1) is 0 Å². The van der Waals surface area contributed by atoms with E-state index in [2.05, 4.69) is 34.9 Å². The molecule has 0 unspecified atom stereocenters. The van der Waals surface area contributed by atoms with Crippen molar-refractivity contribution in [1.29, 1.82) is 0 Å². The Labute approximate surface area is 150 Å². The molecule has 0 aliphatic heterocycles. The van der Waals surface area contributed by atoms with Crippen LogP contribution in [0.15, 0.2) is 30.0 Å². The van der Waals surface area contributed by atoms with E-state index in [0.29, 0.717) is 5.65 Å². The molecule has 0 aliphatic carbocycles. The van der Waals surface area contributed by atoms with Crippen LogP contribution in [0.25, 0.3) is 22.3 Å². The average Bonchev–Trinajstić information content (AvgIpc) is 3.30. The van der Waals surface area contributed by atoms with Crippen LogP contribution in [-0.2, 0) is 11.5 Å². The summed E-state index contributed by atoms with van der Waals surface area (Å²) in [4.78, 5) is 36.1. The van der Waals surface area contributed by atoms with Crippen LogP contribution in [0.1, 0.15) is 0 Å². The lowest BCUT2D eigenvalue weighted by Gasteiger charge is -2.12. The normalized spacial score (nSPS) is 11.1. The third-order valence-electron chi connectivity index (χ3n) is 3.45. The number of hydrogen-bond donors (Lipinski definition) is 5.